The molecule has 2 rings (SSSR count). The van der Waals surface area contributed by atoms with E-state index in [0.29, 0.717) is 11.4 Å². The summed E-state index contributed by atoms with van der Waals surface area (Å²) >= 11 is 0. The summed E-state index contributed by atoms with van der Waals surface area (Å²) in [5.41, 5.74) is -0.204. The van der Waals surface area contributed by atoms with Crippen LogP contribution in [0.4, 0.5) is 0 Å². The summed E-state index contributed by atoms with van der Waals surface area (Å²) in [6.07, 6.45) is 10.5. The fourth-order valence-corrected chi connectivity index (χ4v) is 3.06. The largest absolute Gasteiger partial charge is 0.442 e. The second kappa shape index (κ2) is 7.45. The summed E-state index contributed by atoms with van der Waals surface area (Å²) < 4.78 is 7.69. The number of nitrogens with zero attached hydrogens (tertiary/aromatic N) is 4. The summed E-state index contributed by atoms with van der Waals surface area (Å²) in [4.78, 5) is 24.6. The van der Waals surface area contributed by atoms with Gasteiger partial charge in [-0.25, -0.2) is 4.79 Å². The average Bonchev–Trinajstić information content (AvgIpc) is 3.03. The van der Waals surface area contributed by atoms with Gasteiger partial charge in [-0.15, -0.1) is 6.42 Å². The third kappa shape index (κ3) is 3.62. The van der Waals surface area contributed by atoms with Crippen molar-refractivity contribution in [3.05, 3.63) is 40.1 Å². The smallest absolute Gasteiger partial charge is 0.349 e. The molecule has 0 bridgehead atoms. The molecule has 0 saturated heterocycles. The molecule has 1 aliphatic carbocycles. The van der Waals surface area contributed by atoms with Crippen LogP contribution in [-0.2, 0) is 22.8 Å². The van der Waals surface area contributed by atoms with Crippen LogP contribution in [0.15, 0.2) is 28.6 Å². The van der Waals surface area contributed by atoms with Crippen molar-refractivity contribution in [2.24, 2.45) is 17.3 Å². The zero-order valence-corrected chi connectivity index (χ0v) is 15.4. The topological polar surface area (TPSA) is 89.9 Å². The van der Waals surface area contributed by atoms with Crippen molar-refractivity contribution in [3.63, 3.8) is 0 Å². The molecule has 7 heteroatoms. The molecule has 0 N–H and O–H groups in total. The maximum atomic E-state index is 12.4. The van der Waals surface area contributed by atoms with Gasteiger partial charge in [0.05, 0.1) is 18.5 Å². The third-order valence-electron chi connectivity index (χ3n) is 4.69. The Labute approximate surface area is 152 Å². The van der Waals surface area contributed by atoms with E-state index in [1.165, 1.54) is 4.57 Å². The number of nitriles is 1. The Balaban J connectivity index is 2.08. The fourth-order valence-electron chi connectivity index (χ4n) is 3.06. The third-order valence-corrected chi connectivity index (χ3v) is 4.69. The maximum Gasteiger partial charge on any atom is 0.349 e. The van der Waals surface area contributed by atoms with Crippen molar-refractivity contribution in [2.45, 2.75) is 41.0 Å². The Hall–Kier alpha value is -3.06. The zero-order chi connectivity index (χ0) is 19.5. The number of carbonyl (C=O) groups excluding carboxylic acids is 1. The summed E-state index contributed by atoms with van der Waals surface area (Å²) in [5, 5.41) is 13.2. The molecule has 1 heterocycles. The Morgan fingerprint density at radius 3 is 2.77 bits per heavy atom. The quantitative estimate of drug-likeness (QED) is 0.336. The summed E-state index contributed by atoms with van der Waals surface area (Å²) in [6, 6.07) is 2.11. The minimum Gasteiger partial charge on any atom is -0.442 e. The predicted octanol–water partition coefficient (Wildman–Crippen LogP) is 1.79. The predicted molar refractivity (Wildman–Crippen MR) is 95.4 cm³/mol. The van der Waals surface area contributed by atoms with Crippen molar-refractivity contribution < 1.29 is 9.53 Å². The second-order valence-corrected chi connectivity index (χ2v) is 6.77. The molecular formula is C19H22N4O3. The lowest BCUT2D eigenvalue weighted by Crippen LogP contribution is -2.27. The van der Waals surface area contributed by atoms with Gasteiger partial charge in [0.1, 0.15) is 5.82 Å². The van der Waals surface area contributed by atoms with Gasteiger partial charge in [0.25, 0.3) is 0 Å². The van der Waals surface area contributed by atoms with Gasteiger partial charge in [-0.3, -0.25) is 9.36 Å². The van der Waals surface area contributed by atoms with E-state index in [1.807, 2.05) is 20.8 Å². The number of allylic oxidation sites excluding steroid dienone is 4. The SMILES string of the molecule is C#CCn1c(C)nn(COC(=O)[C@@H]2[C@@H](C=C(C#N)C=CC)C2(C)C)c1=O. The van der Waals surface area contributed by atoms with E-state index in [1.54, 1.807) is 25.2 Å². The molecule has 1 aromatic rings. The van der Waals surface area contributed by atoms with Gasteiger partial charge in [-0.2, -0.15) is 15.0 Å². The van der Waals surface area contributed by atoms with Crippen LogP contribution in [0.3, 0.4) is 0 Å². The first kappa shape index (κ1) is 19.3. The molecular weight excluding hydrogens is 332 g/mol. The molecule has 26 heavy (non-hydrogen) atoms. The molecule has 2 atom stereocenters. The van der Waals surface area contributed by atoms with Crippen LogP contribution < -0.4 is 5.69 Å². The van der Waals surface area contributed by atoms with Crippen LogP contribution in [0.25, 0.3) is 0 Å². The number of carbonyl (C=O) groups is 1. The van der Waals surface area contributed by atoms with Crippen molar-refractivity contribution in [3.8, 4) is 18.4 Å². The highest BCUT2D eigenvalue weighted by Crippen LogP contribution is 2.59. The minimum atomic E-state index is -0.417. The van der Waals surface area contributed by atoms with Crippen LogP contribution >= 0.6 is 0 Å². The van der Waals surface area contributed by atoms with Gasteiger partial charge in [-0.1, -0.05) is 31.9 Å². The van der Waals surface area contributed by atoms with Crippen molar-refractivity contribution >= 4 is 5.97 Å². The Morgan fingerprint density at radius 2 is 2.19 bits per heavy atom. The monoisotopic (exact) mass is 354 g/mol. The van der Waals surface area contributed by atoms with E-state index in [9.17, 15) is 9.59 Å². The second-order valence-electron chi connectivity index (χ2n) is 6.77. The highest BCUT2D eigenvalue weighted by Gasteiger charge is 2.61. The molecule has 136 valence electrons. The number of aryl methyl sites for hydroxylation is 1. The number of aromatic nitrogens is 3. The Bertz CT molecular complexity index is 903. The van der Waals surface area contributed by atoms with Crippen molar-refractivity contribution in [1.82, 2.24) is 14.3 Å². The number of ether oxygens (including phenoxy) is 1. The van der Waals surface area contributed by atoms with Crippen molar-refractivity contribution in [2.75, 3.05) is 0 Å². The van der Waals surface area contributed by atoms with E-state index < -0.39 is 11.7 Å². The number of hydrogen-bond donors (Lipinski definition) is 0. The number of esters is 1. The Kier molecular flexibility index (Phi) is 5.52. The molecule has 0 unspecified atom stereocenters. The first-order valence-electron chi connectivity index (χ1n) is 8.26. The van der Waals surface area contributed by atoms with E-state index in [0.717, 1.165) is 4.68 Å². The lowest BCUT2D eigenvalue weighted by molar-refractivity contribution is -0.150. The van der Waals surface area contributed by atoms with E-state index in [-0.39, 0.29) is 30.5 Å². The van der Waals surface area contributed by atoms with Crippen LogP contribution in [0, 0.1) is 47.8 Å². The summed E-state index contributed by atoms with van der Waals surface area (Å²) in [5.74, 6) is 1.99. The number of hydrogen-bond acceptors (Lipinski definition) is 5. The molecule has 1 aliphatic rings. The first-order chi connectivity index (χ1) is 12.3. The van der Waals surface area contributed by atoms with Crippen LogP contribution in [-0.4, -0.2) is 20.3 Å². The molecule has 7 nitrogen and oxygen atoms in total. The van der Waals surface area contributed by atoms with Crippen LogP contribution in [0.5, 0.6) is 0 Å². The van der Waals surface area contributed by atoms with Gasteiger partial charge in [-0.05, 0) is 31.3 Å². The lowest BCUT2D eigenvalue weighted by atomic mass is 10.1. The average molecular weight is 354 g/mol. The molecule has 1 saturated carbocycles. The highest BCUT2D eigenvalue weighted by molar-refractivity contribution is 5.78. The molecule has 1 fully saturated rings. The van der Waals surface area contributed by atoms with E-state index in [2.05, 4.69) is 17.1 Å². The fraction of sp³-hybridized carbons (Fsp3) is 0.474. The minimum absolute atomic E-state index is 0.0849. The van der Waals surface area contributed by atoms with Gasteiger partial charge >= 0.3 is 11.7 Å². The molecule has 0 amide bonds. The van der Waals surface area contributed by atoms with Gasteiger partial charge in [0, 0.05) is 5.57 Å². The molecule has 0 aromatic carbocycles. The number of terminal acetylenes is 1. The van der Waals surface area contributed by atoms with Crippen LogP contribution in [0.2, 0.25) is 0 Å². The molecule has 0 spiro atoms. The van der Waals surface area contributed by atoms with Gasteiger partial charge in [0.2, 0.25) is 0 Å². The van der Waals surface area contributed by atoms with E-state index >= 15 is 0 Å². The highest BCUT2D eigenvalue weighted by atomic mass is 16.5. The molecule has 1 aromatic heterocycles. The zero-order valence-electron chi connectivity index (χ0n) is 15.4. The first-order valence-corrected chi connectivity index (χ1v) is 8.26. The normalized spacial score (nSPS) is 21.2. The van der Waals surface area contributed by atoms with Gasteiger partial charge in [0.15, 0.2) is 6.73 Å². The summed E-state index contributed by atoms with van der Waals surface area (Å²) in [7, 11) is 0. The van der Waals surface area contributed by atoms with Crippen molar-refractivity contribution in [1.29, 1.82) is 5.26 Å². The summed E-state index contributed by atoms with van der Waals surface area (Å²) in [6.45, 7) is 7.23. The van der Waals surface area contributed by atoms with Gasteiger partial charge < -0.3 is 4.74 Å². The lowest BCUT2D eigenvalue weighted by Gasteiger charge is -2.04. The number of rotatable bonds is 6. The maximum absolute atomic E-state index is 12.4. The Morgan fingerprint density at radius 1 is 1.50 bits per heavy atom. The molecule has 0 aliphatic heterocycles. The van der Waals surface area contributed by atoms with Crippen LogP contribution in [0.1, 0.15) is 26.6 Å². The molecule has 0 radical (unpaired) electrons. The standard InChI is InChI=1S/C19H22N4O3/c1-6-8-14(11-20)10-15-16(19(15,4)5)17(24)26-12-23-18(25)22(9-7-2)13(3)21-23/h2,6,8,10,15-16H,9,12H2,1,3-5H3/t15-,16+/m1/s1. The van der Waals surface area contributed by atoms with E-state index in [4.69, 9.17) is 16.4 Å².